The molecule has 0 radical (unpaired) electrons. The van der Waals surface area contributed by atoms with Crippen molar-refractivity contribution in [1.82, 2.24) is 29.6 Å². The number of halogens is 2. The van der Waals surface area contributed by atoms with Crippen molar-refractivity contribution in [2.45, 2.75) is 25.3 Å². The number of nitriles is 1. The van der Waals surface area contributed by atoms with Crippen molar-refractivity contribution in [2.24, 2.45) is 0 Å². The lowest BCUT2D eigenvalue weighted by Gasteiger charge is -2.22. The summed E-state index contributed by atoms with van der Waals surface area (Å²) in [5.74, 6) is -1.78. The summed E-state index contributed by atoms with van der Waals surface area (Å²) in [6, 6.07) is 6.02. The number of aromatic nitrogens is 5. The average Bonchev–Trinajstić information content (AvgIpc) is 3.35. The molecule has 4 heterocycles. The zero-order chi connectivity index (χ0) is 21.0. The summed E-state index contributed by atoms with van der Waals surface area (Å²) in [4.78, 5) is 14.8. The number of benzene rings is 1. The number of likely N-dealkylation sites (tertiary alicyclic amines) is 1. The van der Waals surface area contributed by atoms with Crippen LogP contribution in [-0.4, -0.2) is 55.6 Å². The molecule has 0 bridgehead atoms. The van der Waals surface area contributed by atoms with Gasteiger partial charge < -0.3 is 9.09 Å². The summed E-state index contributed by atoms with van der Waals surface area (Å²) in [7, 11) is 1.67. The Labute approximate surface area is 169 Å². The number of hydrogen-bond donors (Lipinski definition) is 0. The largest absolute Gasteiger partial charge is 0.340 e. The van der Waals surface area contributed by atoms with Crippen LogP contribution >= 0.6 is 0 Å². The van der Waals surface area contributed by atoms with E-state index in [1.165, 1.54) is 0 Å². The van der Waals surface area contributed by atoms with Crippen molar-refractivity contribution in [2.75, 3.05) is 20.1 Å². The van der Waals surface area contributed by atoms with E-state index < -0.39 is 12.0 Å². The van der Waals surface area contributed by atoms with Gasteiger partial charge in [0.2, 0.25) is 5.89 Å². The van der Waals surface area contributed by atoms with E-state index in [1.807, 2.05) is 0 Å². The highest BCUT2D eigenvalue weighted by atomic mass is 19.3. The Morgan fingerprint density at radius 1 is 1.30 bits per heavy atom. The third-order valence-electron chi connectivity index (χ3n) is 5.37. The van der Waals surface area contributed by atoms with Gasteiger partial charge in [-0.15, -0.1) is 0 Å². The molecular weight excluding hydrogens is 392 g/mol. The first-order valence-corrected chi connectivity index (χ1v) is 9.41. The Bertz CT molecular complexity index is 1320. The molecule has 1 atom stereocenters. The van der Waals surface area contributed by atoms with Crippen LogP contribution in [0.5, 0.6) is 0 Å². The van der Waals surface area contributed by atoms with Gasteiger partial charge in [0.1, 0.15) is 17.4 Å². The molecule has 5 rings (SSSR count). The molecule has 0 spiro atoms. The highest BCUT2D eigenvalue weighted by molar-refractivity contribution is 6.03. The minimum Gasteiger partial charge on any atom is -0.340 e. The maximum Gasteiger partial charge on any atom is 0.282 e. The van der Waals surface area contributed by atoms with E-state index in [0.29, 0.717) is 45.0 Å². The van der Waals surface area contributed by atoms with Gasteiger partial charge in [-0.1, -0.05) is 5.16 Å². The van der Waals surface area contributed by atoms with Crippen molar-refractivity contribution in [3.05, 3.63) is 47.5 Å². The SMILES string of the molecule is Cc1nc(Cc2nc3cnc4ccc(C#N)cc4c3n2C2CN(C)CC2(F)F)no1. The summed E-state index contributed by atoms with van der Waals surface area (Å²) in [5, 5.41) is 13.8. The van der Waals surface area contributed by atoms with Gasteiger partial charge in [0.25, 0.3) is 5.92 Å². The van der Waals surface area contributed by atoms with Crippen LogP contribution in [0, 0.1) is 18.3 Å². The third kappa shape index (κ3) is 2.90. The molecule has 10 heteroatoms. The lowest BCUT2D eigenvalue weighted by molar-refractivity contribution is -0.0200. The van der Waals surface area contributed by atoms with E-state index in [4.69, 9.17) is 4.52 Å². The molecule has 1 unspecified atom stereocenters. The Morgan fingerprint density at radius 2 is 2.13 bits per heavy atom. The van der Waals surface area contributed by atoms with Crippen molar-refractivity contribution < 1.29 is 13.3 Å². The van der Waals surface area contributed by atoms with E-state index in [9.17, 15) is 5.26 Å². The van der Waals surface area contributed by atoms with Gasteiger partial charge in [-0.05, 0) is 25.2 Å². The van der Waals surface area contributed by atoms with Gasteiger partial charge in [-0.3, -0.25) is 9.88 Å². The van der Waals surface area contributed by atoms with E-state index in [1.54, 1.807) is 47.8 Å². The molecule has 1 aromatic carbocycles. The molecule has 0 N–H and O–H groups in total. The minimum absolute atomic E-state index is 0.141. The monoisotopic (exact) mass is 409 g/mol. The third-order valence-corrected chi connectivity index (χ3v) is 5.37. The number of imidazole rings is 1. The number of fused-ring (bicyclic) bond motifs is 3. The predicted molar refractivity (Wildman–Crippen MR) is 103 cm³/mol. The summed E-state index contributed by atoms with van der Waals surface area (Å²) < 4.78 is 36.6. The molecule has 0 saturated carbocycles. The molecular formula is C20H17F2N7O. The standard InChI is InChI=1S/C20H17F2N7O/c1-11-25-17(27-30-11)6-18-26-15-8-24-14-4-3-12(7-23)5-13(14)19(15)29(18)16-9-28(2)10-20(16,21)22/h3-5,8,16H,6,9-10H2,1-2H3. The average molecular weight is 409 g/mol. The zero-order valence-corrected chi connectivity index (χ0v) is 16.3. The van der Waals surface area contributed by atoms with Crippen LogP contribution in [0.2, 0.25) is 0 Å². The molecule has 1 aliphatic heterocycles. The molecule has 8 nitrogen and oxygen atoms in total. The van der Waals surface area contributed by atoms with Crippen molar-refractivity contribution >= 4 is 21.9 Å². The first-order chi connectivity index (χ1) is 14.4. The molecule has 4 aromatic rings. The van der Waals surface area contributed by atoms with Crippen LogP contribution in [0.25, 0.3) is 21.9 Å². The lowest BCUT2D eigenvalue weighted by atomic mass is 10.1. The molecule has 1 saturated heterocycles. The first kappa shape index (κ1) is 18.6. The second kappa shape index (κ2) is 6.53. The zero-order valence-electron chi connectivity index (χ0n) is 16.3. The number of likely N-dealkylation sites (N-methyl/N-ethyl adjacent to an activating group) is 1. The van der Waals surface area contributed by atoms with E-state index in [0.717, 1.165) is 0 Å². The van der Waals surface area contributed by atoms with Gasteiger partial charge in [0, 0.05) is 18.9 Å². The van der Waals surface area contributed by atoms with Gasteiger partial charge in [0.05, 0.1) is 41.8 Å². The Morgan fingerprint density at radius 3 is 2.80 bits per heavy atom. The Hall–Kier alpha value is -3.45. The summed E-state index contributed by atoms with van der Waals surface area (Å²) >= 11 is 0. The summed E-state index contributed by atoms with van der Waals surface area (Å²) in [6.07, 6.45) is 1.71. The van der Waals surface area contributed by atoms with E-state index >= 15 is 8.78 Å². The molecule has 1 aliphatic rings. The minimum atomic E-state index is -2.95. The maximum absolute atomic E-state index is 15.0. The van der Waals surface area contributed by atoms with Crippen molar-refractivity contribution in [1.29, 1.82) is 5.26 Å². The van der Waals surface area contributed by atoms with Crippen molar-refractivity contribution in [3.63, 3.8) is 0 Å². The number of alkyl halides is 2. The lowest BCUT2D eigenvalue weighted by Crippen LogP contribution is -2.30. The smallest absolute Gasteiger partial charge is 0.282 e. The van der Waals surface area contributed by atoms with Gasteiger partial charge in [-0.2, -0.15) is 10.2 Å². The molecule has 30 heavy (non-hydrogen) atoms. The predicted octanol–water partition coefficient (Wildman–Crippen LogP) is 2.86. The molecule has 1 fully saturated rings. The summed E-state index contributed by atoms with van der Waals surface area (Å²) in [5.41, 5.74) is 2.06. The quantitative estimate of drug-likeness (QED) is 0.513. The van der Waals surface area contributed by atoms with Crippen molar-refractivity contribution in [3.8, 4) is 6.07 Å². The van der Waals surface area contributed by atoms with E-state index in [-0.39, 0.29) is 19.5 Å². The van der Waals surface area contributed by atoms with Gasteiger partial charge in [0.15, 0.2) is 5.82 Å². The Balaban J connectivity index is 1.80. The maximum atomic E-state index is 15.0. The fraction of sp³-hybridized carbons (Fsp3) is 0.350. The molecule has 3 aromatic heterocycles. The van der Waals surface area contributed by atoms with Crippen LogP contribution < -0.4 is 0 Å². The molecule has 152 valence electrons. The number of rotatable bonds is 3. The first-order valence-electron chi connectivity index (χ1n) is 9.41. The van der Waals surface area contributed by atoms with E-state index in [2.05, 4.69) is 26.2 Å². The topological polar surface area (TPSA) is 96.7 Å². The van der Waals surface area contributed by atoms with Gasteiger partial charge >= 0.3 is 0 Å². The molecule has 0 aliphatic carbocycles. The fourth-order valence-corrected chi connectivity index (χ4v) is 4.14. The van der Waals surface area contributed by atoms with Crippen LogP contribution in [0.3, 0.4) is 0 Å². The van der Waals surface area contributed by atoms with Crippen LogP contribution in [0.1, 0.15) is 29.1 Å². The fourth-order valence-electron chi connectivity index (χ4n) is 4.14. The summed E-state index contributed by atoms with van der Waals surface area (Å²) in [6.45, 7) is 1.49. The normalized spacial score (nSPS) is 19.0. The number of hydrogen-bond acceptors (Lipinski definition) is 7. The molecule has 0 amide bonds. The number of pyridine rings is 1. The van der Waals surface area contributed by atoms with Gasteiger partial charge in [-0.25, -0.2) is 13.8 Å². The second-order valence-corrected chi connectivity index (χ2v) is 7.61. The Kier molecular flexibility index (Phi) is 4.04. The number of aryl methyl sites for hydroxylation is 1. The number of nitrogens with zero attached hydrogens (tertiary/aromatic N) is 7. The second-order valence-electron chi connectivity index (χ2n) is 7.61. The van der Waals surface area contributed by atoms with Crippen LogP contribution in [0.15, 0.2) is 28.9 Å². The van der Waals surface area contributed by atoms with Crippen LogP contribution in [-0.2, 0) is 6.42 Å². The highest BCUT2D eigenvalue weighted by Crippen LogP contribution is 2.40. The van der Waals surface area contributed by atoms with Crippen LogP contribution in [0.4, 0.5) is 8.78 Å². The highest BCUT2D eigenvalue weighted by Gasteiger charge is 2.49.